The van der Waals surface area contributed by atoms with E-state index in [-0.39, 0.29) is 30.8 Å². The molecule has 9 nitrogen and oxygen atoms in total. The zero-order valence-corrected chi connectivity index (χ0v) is 18.2. The first-order valence-corrected chi connectivity index (χ1v) is 10.8. The van der Waals surface area contributed by atoms with Crippen LogP contribution in [0.15, 0.2) is 48.5 Å². The molecule has 2 aliphatic rings. The molecule has 1 aliphatic carbocycles. The number of benzene rings is 2. The van der Waals surface area contributed by atoms with Gasteiger partial charge in [0.05, 0.1) is 24.3 Å². The van der Waals surface area contributed by atoms with E-state index in [0.29, 0.717) is 22.7 Å². The summed E-state index contributed by atoms with van der Waals surface area (Å²) in [4.78, 5) is 51.1. The summed E-state index contributed by atoms with van der Waals surface area (Å²) in [7, 11) is 1.54. The van der Waals surface area contributed by atoms with Crippen LogP contribution >= 0.6 is 0 Å². The molecule has 2 N–H and O–H groups in total. The van der Waals surface area contributed by atoms with E-state index in [1.54, 1.807) is 48.5 Å². The molecular weight excluding hydrogens is 426 g/mol. The van der Waals surface area contributed by atoms with Gasteiger partial charge in [0.15, 0.2) is 6.61 Å². The summed E-state index contributed by atoms with van der Waals surface area (Å²) in [6.45, 7) is -0.349. The van der Waals surface area contributed by atoms with E-state index in [2.05, 4.69) is 10.6 Å². The van der Waals surface area contributed by atoms with E-state index in [4.69, 9.17) is 9.47 Å². The number of carbonyl (C=O) groups is 4. The lowest BCUT2D eigenvalue weighted by Crippen LogP contribution is -2.29. The van der Waals surface area contributed by atoms with Crippen molar-refractivity contribution in [3.05, 3.63) is 54.1 Å². The van der Waals surface area contributed by atoms with E-state index in [0.717, 1.165) is 12.8 Å². The van der Waals surface area contributed by atoms with Crippen molar-refractivity contribution >= 4 is 35.1 Å². The lowest BCUT2D eigenvalue weighted by Gasteiger charge is -2.17. The van der Waals surface area contributed by atoms with Crippen LogP contribution in [0.25, 0.3) is 0 Å². The van der Waals surface area contributed by atoms with Crippen molar-refractivity contribution < 1.29 is 28.7 Å². The number of hydrogen-bond donors (Lipinski definition) is 2. The van der Waals surface area contributed by atoms with Gasteiger partial charge in [-0.05, 0) is 37.1 Å². The smallest absolute Gasteiger partial charge is 0.311 e. The predicted molar refractivity (Wildman–Crippen MR) is 120 cm³/mol. The van der Waals surface area contributed by atoms with Gasteiger partial charge in [-0.1, -0.05) is 18.2 Å². The molecule has 1 heterocycles. The first-order chi connectivity index (χ1) is 15.9. The highest BCUT2D eigenvalue weighted by molar-refractivity contribution is 6.04. The lowest BCUT2D eigenvalue weighted by molar-refractivity contribution is -0.151. The van der Waals surface area contributed by atoms with Crippen molar-refractivity contribution in [2.45, 2.75) is 25.3 Å². The number of nitrogens with one attached hydrogen (secondary N) is 2. The Morgan fingerprint density at radius 2 is 1.88 bits per heavy atom. The molecule has 3 amide bonds. The van der Waals surface area contributed by atoms with Gasteiger partial charge in [0.25, 0.3) is 11.8 Å². The fourth-order valence-electron chi connectivity index (χ4n) is 3.62. The first-order valence-electron chi connectivity index (χ1n) is 10.8. The summed E-state index contributed by atoms with van der Waals surface area (Å²) in [5, 5.41) is 5.50. The quantitative estimate of drug-likeness (QED) is 0.595. The van der Waals surface area contributed by atoms with Gasteiger partial charge in [-0.2, -0.15) is 0 Å². The average Bonchev–Trinajstić information content (AvgIpc) is 3.55. The molecule has 4 rings (SSSR count). The second-order valence-electron chi connectivity index (χ2n) is 8.06. The van der Waals surface area contributed by atoms with Crippen LogP contribution in [-0.4, -0.2) is 50.0 Å². The SMILES string of the molecule is COc1cccc(N2CC(C(=O)OCC(=O)Nc3ccccc3C(=O)NC3CC3)CC2=O)c1. The molecular formula is C24H25N3O6. The largest absolute Gasteiger partial charge is 0.497 e. The number of anilines is 2. The van der Waals surface area contributed by atoms with E-state index < -0.39 is 24.4 Å². The molecule has 33 heavy (non-hydrogen) atoms. The predicted octanol–water partition coefficient (Wildman–Crippen LogP) is 2.12. The van der Waals surface area contributed by atoms with E-state index >= 15 is 0 Å². The zero-order valence-electron chi connectivity index (χ0n) is 18.2. The third kappa shape index (κ3) is 5.49. The molecule has 1 unspecified atom stereocenters. The Morgan fingerprint density at radius 1 is 1.09 bits per heavy atom. The summed E-state index contributed by atoms with van der Waals surface area (Å²) < 4.78 is 10.3. The molecule has 172 valence electrons. The number of nitrogens with zero attached hydrogens (tertiary/aromatic N) is 1. The van der Waals surface area contributed by atoms with Gasteiger partial charge in [-0.3, -0.25) is 19.2 Å². The number of ether oxygens (including phenoxy) is 2. The number of methoxy groups -OCH3 is 1. The Morgan fingerprint density at radius 3 is 2.64 bits per heavy atom. The van der Waals surface area contributed by atoms with Crippen LogP contribution in [0.4, 0.5) is 11.4 Å². The maximum Gasteiger partial charge on any atom is 0.311 e. The highest BCUT2D eigenvalue weighted by Crippen LogP contribution is 2.28. The van der Waals surface area contributed by atoms with E-state index in [9.17, 15) is 19.2 Å². The van der Waals surface area contributed by atoms with Gasteiger partial charge in [-0.25, -0.2) is 0 Å². The van der Waals surface area contributed by atoms with Crippen molar-refractivity contribution in [2.24, 2.45) is 5.92 Å². The van der Waals surface area contributed by atoms with Crippen LogP contribution < -0.4 is 20.3 Å². The minimum atomic E-state index is -0.673. The molecule has 0 radical (unpaired) electrons. The average molecular weight is 451 g/mol. The van der Waals surface area contributed by atoms with Gasteiger partial charge < -0.3 is 25.0 Å². The van der Waals surface area contributed by atoms with Gasteiger partial charge in [-0.15, -0.1) is 0 Å². The molecule has 1 saturated carbocycles. The molecule has 1 aliphatic heterocycles. The zero-order chi connectivity index (χ0) is 23.4. The molecule has 0 bridgehead atoms. The monoisotopic (exact) mass is 451 g/mol. The molecule has 0 spiro atoms. The summed E-state index contributed by atoms with van der Waals surface area (Å²) in [5.41, 5.74) is 1.32. The van der Waals surface area contributed by atoms with Crippen molar-refractivity contribution in [3.8, 4) is 5.75 Å². The highest BCUT2D eigenvalue weighted by Gasteiger charge is 2.36. The van der Waals surface area contributed by atoms with Crippen molar-refractivity contribution in [3.63, 3.8) is 0 Å². The summed E-state index contributed by atoms with van der Waals surface area (Å²) >= 11 is 0. The third-order valence-electron chi connectivity index (χ3n) is 5.53. The minimum Gasteiger partial charge on any atom is -0.497 e. The molecule has 0 aromatic heterocycles. The molecule has 2 aromatic rings. The minimum absolute atomic E-state index is 0.00182. The van der Waals surface area contributed by atoms with Crippen LogP contribution in [0.2, 0.25) is 0 Å². The maximum atomic E-state index is 12.5. The Kier molecular flexibility index (Phi) is 6.58. The van der Waals surface area contributed by atoms with E-state index in [1.165, 1.54) is 12.0 Å². The normalized spacial score (nSPS) is 17.4. The number of rotatable bonds is 8. The van der Waals surface area contributed by atoms with Crippen LogP contribution in [0.1, 0.15) is 29.6 Å². The van der Waals surface area contributed by atoms with Crippen molar-refractivity contribution in [1.82, 2.24) is 5.32 Å². The molecule has 9 heteroatoms. The summed E-state index contributed by atoms with van der Waals surface area (Å²) in [6.07, 6.45) is 1.91. The Balaban J connectivity index is 1.31. The number of amides is 3. The van der Waals surface area contributed by atoms with Crippen LogP contribution in [0, 0.1) is 5.92 Å². The fourth-order valence-corrected chi connectivity index (χ4v) is 3.62. The molecule has 2 fully saturated rings. The molecule has 1 saturated heterocycles. The second kappa shape index (κ2) is 9.72. The van der Waals surface area contributed by atoms with Crippen molar-refractivity contribution in [1.29, 1.82) is 0 Å². The molecule has 1 atom stereocenters. The Labute approximate surface area is 191 Å². The van der Waals surface area contributed by atoms with E-state index in [1.807, 2.05) is 0 Å². The summed E-state index contributed by atoms with van der Waals surface area (Å²) in [6, 6.07) is 13.8. The lowest BCUT2D eigenvalue weighted by atomic mass is 10.1. The van der Waals surface area contributed by atoms with Crippen LogP contribution in [-0.2, 0) is 19.1 Å². The standard InChI is InChI=1S/C24H25N3O6/c1-32-18-6-4-5-17(12-18)27-13-15(11-22(27)29)24(31)33-14-21(28)26-20-8-3-2-7-19(20)23(30)25-16-9-10-16/h2-8,12,15-16H,9-11,13-14H2,1H3,(H,25,30)(H,26,28). The summed E-state index contributed by atoms with van der Waals surface area (Å²) in [5.74, 6) is -1.72. The maximum absolute atomic E-state index is 12.5. The number of para-hydroxylation sites is 1. The molecule has 2 aromatic carbocycles. The number of esters is 1. The number of hydrogen-bond acceptors (Lipinski definition) is 6. The topological polar surface area (TPSA) is 114 Å². The van der Waals surface area contributed by atoms with Crippen molar-refractivity contribution in [2.75, 3.05) is 30.5 Å². The van der Waals surface area contributed by atoms with Crippen LogP contribution in [0.5, 0.6) is 5.75 Å². The van der Waals surface area contributed by atoms with Gasteiger partial charge in [0.2, 0.25) is 5.91 Å². The Hall–Kier alpha value is -3.88. The first kappa shape index (κ1) is 22.3. The van der Waals surface area contributed by atoms with Gasteiger partial charge in [0, 0.05) is 30.8 Å². The Bertz CT molecular complexity index is 1080. The second-order valence-corrected chi connectivity index (χ2v) is 8.06. The third-order valence-corrected chi connectivity index (χ3v) is 5.53. The fraction of sp³-hybridized carbons (Fsp3) is 0.333. The van der Waals surface area contributed by atoms with Crippen LogP contribution in [0.3, 0.4) is 0 Å². The number of carbonyl (C=O) groups excluding carboxylic acids is 4. The highest BCUT2D eigenvalue weighted by atomic mass is 16.5. The van der Waals surface area contributed by atoms with Gasteiger partial charge >= 0.3 is 5.97 Å². The van der Waals surface area contributed by atoms with Gasteiger partial charge in [0.1, 0.15) is 5.75 Å².